The lowest BCUT2D eigenvalue weighted by molar-refractivity contribution is 0.0299. The summed E-state index contributed by atoms with van der Waals surface area (Å²) in [6, 6.07) is 2.59. The molecule has 5 heteroatoms. The van der Waals surface area contributed by atoms with Crippen LogP contribution in [-0.4, -0.2) is 37.1 Å². The highest BCUT2D eigenvalue weighted by atomic mass is 19.2. The number of halogens is 2. The number of carbonyl (C=O) groups is 1. The SMILES string of the molecule is CC(C)c1cc(F)c(F)c(C(=O)N2CCOCC2)c1. The fourth-order valence-corrected chi connectivity index (χ4v) is 2.04. The number of rotatable bonds is 2. The molecule has 1 aliphatic heterocycles. The van der Waals surface area contributed by atoms with E-state index in [1.165, 1.54) is 11.0 Å². The summed E-state index contributed by atoms with van der Waals surface area (Å²) < 4.78 is 32.5. The lowest BCUT2D eigenvalue weighted by Gasteiger charge is -2.27. The monoisotopic (exact) mass is 269 g/mol. The van der Waals surface area contributed by atoms with Gasteiger partial charge in [-0.15, -0.1) is 0 Å². The first-order valence-corrected chi connectivity index (χ1v) is 6.36. The Bertz CT molecular complexity index is 483. The van der Waals surface area contributed by atoms with Crippen LogP contribution < -0.4 is 0 Å². The van der Waals surface area contributed by atoms with Crippen molar-refractivity contribution in [3.63, 3.8) is 0 Å². The largest absolute Gasteiger partial charge is 0.378 e. The van der Waals surface area contributed by atoms with E-state index in [0.717, 1.165) is 6.07 Å². The number of carbonyl (C=O) groups excluding carboxylic acids is 1. The van der Waals surface area contributed by atoms with Gasteiger partial charge in [0.25, 0.3) is 5.91 Å². The fourth-order valence-electron chi connectivity index (χ4n) is 2.04. The van der Waals surface area contributed by atoms with E-state index in [1.807, 2.05) is 13.8 Å². The number of nitrogens with zero attached hydrogens (tertiary/aromatic N) is 1. The molecule has 0 N–H and O–H groups in total. The lowest BCUT2D eigenvalue weighted by atomic mass is 9.99. The molecular formula is C14H17F2NO2. The summed E-state index contributed by atoms with van der Waals surface area (Å²) in [4.78, 5) is 13.7. The Morgan fingerprint density at radius 3 is 2.47 bits per heavy atom. The molecule has 104 valence electrons. The van der Waals surface area contributed by atoms with Crippen molar-refractivity contribution in [1.82, 2.24) is 4.90 Å². The first-order valence-electron chi connectivity index (χ1n) is 6.36. The second-order valence-corrected chi connectivity index (χ2v) is 4.92. The fraction of sp³-hybridized carbons (Fsp3) is 0.500. The molecular weight excluding hydrogens is 252 g/mol. The minimum atomic E-state index is -1.07. The molecule has 0 saturated carbocycles. The predicted octanol–water partition coefficient (Wildman–Crippen LogP) is 2.56. The van der Waals surface area contributed by atoms with Crippen LogP contribution in [-0.2, 0) is 4.74 Å². The van der Waals surface area contributed by atoms with Crippen molar-refractivity contribution < 1.29 is 18.3 Å². The maximum atomic E-state index is 13.8. The molecule has 19 heavy (non-hydrogen) atoms. The highest BCUT2D eigenvalue weighted by Gasteiger charge is 2.24. The van der Waals surface area contributed by atoms with Gasteiger partial charge in [0, 0.05) is 13.1 Å². The van der Waals surface area contributed by atoms with Crippen LogP contribution in [0.3, 0.4) is 0 Å². The molecule has 0 spiro atoms. The zero-order valence-electron chi connectivity index (χ0n) is 11.1. The highest BCUT2D eigenvalue weighted by Crippen LogP contribution is 2.22. The van der Waals surface area contributed by atoms with E-state index in [0.29, 0.717) is 31.9 Å². The zero-order valence-corrected chi connectivity index (χ0v) is 11.1. The molecule has 0 aliphatic carbocycles. The number of hydrogen-bond donors (Lipinski definition) is 0. The second kappa shape index (κ2) is 5.65. The molecule has 0 bridgehead atoms. The van der Waals surface area contributed by atoms with Crippen LogP contribution >= 0.6 is 0 Å². The summed E-state index contributed by atoms with van der Waals surface area (Å²) in [6.07, 6.45) is 0. The van der Waals surface area contributed by atoms with Crippen molar-refractivity contribution in [3.8, 4) is 0 Å². The van der Waals surface area contributed by atoms with Gasteiger partial charge < -0.3 is 9.64 Å². The minimum absolute atomic E-state index is 0.0336. The Hall–Kier alpha value is -1.49. The van der Waals surface area contributed by atoms with E-state index in [4.69, 9.17) is 4.74 Å². The van der Waals surface area contributed by atoms with Crippen molar-refractivity contribution in [3.05, 3.63) is 34.9 Å². The Morgan fingerprint density at radius 1 is 1.26 bits per heavy atom. The molecule has 0 unspecified atom stereocenters. The van der Waals surface area contributed by atoms with Crippen LogP contribution in [0.4, 0.5) is 8.78 Å². The Kier molecular flexibility index (Phi) is 4.14. The third-order valence-corrected chi connectivity index (χ3v) is 3.25. The van der Waals surface area contributed by atoms with Crippen molar-refractivity contribution in [2.45, 2.75) is 19.8 Å². The van der Waals surface area contributed by atoms with Gasteiger partial charge in [0.15, 0.2) is 11.6 Å². The molecule has 1 amide bonds. The molecule has 1 saturated heterocycles. The standard InChI is InChI=1S/C14H17F2NO2/c1-9(2)10-7-11(13(16)12(15)8-10)14(18)17-3-5-19-6-4-17/h7-9H,3-6H2,1-2H3. The van der Waals surface area contributed by atoms with Gasteiger partial charge in [0.1, 0.15) is 0 Å². The summed E-state index contributed by atoms with van der Waals surface area (Å²) >= 11 is 0. The molecule has 1 heterocycles. The highest BCUT2D eigenvalue weighted by molar-refractivity contribution is 5.94. The Morgan fingerprint density at radius 2 is 1.89 bits per heavy atom. The topological polar surface area (TPSA) is 29.5 Å². The van der Waals surface area contributed by atoms with Crippen molar-refractivity contribution in [2.75, 3.05) is 26.3 Å². The van der Waals surface area contributed by atoms with E-state index < -0.39 is 17.5 Å². The summed E-state index contributed by atoms with van der Waals surface area (Å²) in [5.74, 6) is -2.47. The maximum absolute atomic E-state index is 13.8. The third kappa shape index (κ3) is 2.92. The van der Waals surface area contributed by atoms with Crippen LogP contribution in [0.15, 0.2) is 12.1 Å². The van der Waals surface area contributed by atoms with E-state index in [1.54, 1.807) is 0 Å². The summed E-state index contributed by atoms with van der Waals surface area (Å²) in [5, 5.41) is 0. The van der Waals surface area contributed by atoms with Gasteiger partial charge in [0.05, 0.1) is 18.8 Å². The van der Waals surface area contributed by atoms with Crippen molar-refractivity contribution in [2.24, 2.45) is 0 Å². The number of amides is 1. The Balaban J connectivity index is 2.34. The molecule has 3 nitrogen and oxygen atoms in total. The number of ether oxygens (including phenoxy) is 1. The summed E-state index contributed by atoms with van der Waals surface area (Å²) in [6.45, 7) is 5.42. The molecule has 0 radical (unpaired) electrons. The predicted molar refractivity (Wildman–Crippen MR) is 67.2 cm³/mol. The average Bonchev–Trinajstić information content (AvgIpc) is 2.41. The van der Waals surface area contributed by atoms with Crippen molar-refractivity contribution >= 4 is 5.91 Å². The van der Waals surface area contributed by atoms with Gasteiger partial charge in [-0.2, -0.15) is 0 Å². The molecule has 0 atom stereocenters. The average molecular weight is 269 g/mol. The number of benzene rings is 1. The van der Waals surface area contributed by atoms with Gasteiger partial charge in [-0.25, -0.2) is 8.78 Å². The Labute approximate surface area is 111 Å². The smallest absolute Gasteiger partial charge is 0.257 e. The normalized spacial score (nSPS) is 15.9. The van der Waals surface area contributed by atoms with Crippen LogP contribution in [0, 0.1) is 11.6 Å². The van der Waals surface area contributed by atoms with Gasteiger partial charge >= 0.3 is 0 Å². The van der Waals surface area contributed by atoms with Crippen molar-refractivity contribution in [1.29, 1.82) is 0 Å². The van der Waals surface area contributed by atoms with Gasteiger partial charge in [-0.3, -0.25) is 4.79 Å². The zero-order chi connectivity index (χ0) is 14.0. The summed E-state index contributed by atoms with van der Waals surface area (Å²) in [5.41, 5.74) is 0.432. The molecule has 1 aromatic carbocycles. The van der Waals surface area contributed by atoms with Crippen LogP contribution in [0.2, 0.25) is 0 Å². The first-order chi connectivity index (χ1) is 9.00. The maximum Gasteiger partial charge on any atom is 0.257 e. The molecule has 1 aliphatic rings. The van der Waals surface area contributed by atoms with Gasteiger partial charge in [0.2, 0.25) is 0 Å². The van der Waals surface area contributed by atoms with E-state index >= 15 is 0 Å². The van der Waals surface area contributed by atoms with E-state index in [2.05, 4.69) is 0 Å². The number of hydrogen-bond acceptors (Lipinski definition) is 2. The van der Waals surface area contributed by atoms with Gasteiger partial charge in [-0.05, 0) is 23.6 Å². The third-order valence-electron chi connectivity index (χ3n) is 3.25. The van der Waals surface area contributed by atoms with Crippen LogP contribution in [0.5, 0.6) is 0 Å². The van der Waals surface area contributed by atoms with E-state index in [-0.39, 0.29) is 11.5 Å². The second-order valence-electron chi connectivity index (χ2n) is 4.92. The van der Waals surface area contributed by atoms with Crippen LogP contribution in [0.1, 0.15) is 35.7 Å². The molecule has 1 fully saturated rings. The first kappa shape index (κ1) is 13.9. The van der Waals surface area contributed by atoms with Crippen LogP contribution in [0.25, 0.3) is 0 Å². The lowest BCUT2D eigenvalue weighted by Crippen LogP contribution is -2.41. The molecule has 2 rings (SSSR count). The van der Waals surface area contributed by atoms with E-state index in [9.17, 15) is 13.6 Å². The molecule has 0 aromatic heterocycles. The summed E-state index contributed by atoms with van der Waals surface area (Å²) in [7, 11) is 0. The van der Waals surface area contributed by atoms with Gasteiger partial charge in [-0.1, -0.05) is 13.8 Å². The number of morpholine rings is 1. The molecule has 1 aromatic rings. The minimum Gasteiger partial charge on any atom is -0.378 e. The quantitative estimate of drug-likeness (QED) is 0.825.